The van der Waals surface area contributed by atoms with Gasteiger partial charge in [-0.05, 0) is 6.42 Å². The topological polar surface area (TPSA) is 17.1 Å². The molecule has 0 aliphatic heterocycles. The second kappa shape index (κ2) is 4.63. The summed E-state index contributed by atoms with van der Waals surface area (Å²) in [6, 6.07) is 0. The lowest BCUT2D eigenvalue weighted by molar-refractivity contribution is -0.179. The van der Waals surface area contributed by atoms with Crippen LogP contribution in [0.4, 0.5) is 13.2 Å². The molecule has 0 bridgehead atoms. The van der Waals surface area contributed by atoms with Crippen LogP contribution in [-0.2, 0) is 4.79 Å². The molecule has 0 aromatic carbocycles. The maximum Gasteiger partial charge on any atom is 0.392 e. The predicted octanol–water partition coefficient (Wildman–Crippen LogP) is 3.19. The Bertz CT molecular complexity index is 172. The number of hydrogen-bond donors (Lipinski definition) is 0. The monoisotopic (exact) mass is 196 g/mol. The number of carbonyl (C=O) groups is 1. The van der Waals surface area contributed by atoms with E-state index in [-0.39, 0.29) is 24.5 Å². The molecule has 0 amide bonds. The Balaban J connectivity index is 4.22. The standard InChI is InChI=1S/C9H15F3O/c1-4-7(9(10,11)12)5-8(13)6(2)3/h6-7H,4-5H2,1-3H3/t7-/m0/s1. The van der Waals surface area contributed by atoms with Crippen LogP contribution in [0.25, 0.3) is 0 Å². The van der Waals surface area contributed by atoms with Crippen molar-refractivity contribution in [2.45, 2.75) is 39.8 Å². The maximum absolute atomic E-state index is 12.2. The lowest BCUT2D eigenvalue weighted by Crippen LogP contribution is -2.26. The summed E-state index contributed by atoms with van der Waals surface area (Å²) < 4.78 is 36.6. The molecule has 0 spiro atoms. The van der Waals surface area contributed by atoms with Crippen LogP contribution < -0.4 is 0 Å². The largest absolute Gasteiger partial charge is 0.392 e. The van der Waals surface area contributed by atoms with E-state index in [2.05, 4.69) is 0 Å². The third-order valence-corrected chi connectivity index (χ3v) is 2.05. The Morgan fingerprint density at radius 2 is 1.77 bits per heavy atom. The molecular weight excluding hydrogens is 181 g/mol. The molecule has 1 atom stereocenters. The van der Waals surface area contributed by atoms with Crippen LogP contribution in [0.1, 0.15) is 33.6 Å². The quantitative estimate of drug-likeness (QED) is 0.674. The molecule has 0 unspecified atom stereocenters. The van der Waals surface area contributed by atoms with E-state index < -0.39 is 12.1 Å². The van der Waals surface area contributed by atoms with E-state index in [1.165, 1.54) is 6.92 Å². The van der Waals surface area contributed by atoms with Crippen molar-refractivity contribution in [3.05, 3.63) is 0 Å². The summed E-state index contributed by atoms with van der Waals surface area (Å²) in [5.74, 6) is -2.09. The van der Waals surface area contributed by atoms with E-state index in [0.717, 1.165) is 0 Å². The van der Waals surface area contributed by atoms with Crippen molar-refractivity contribution < 1.29 is 18.0 Å². The average Bonchev–Trinajstić information content (AvgIpc) is 1.96. The van der Waals surface area contributed by atoms with Gasteiger partial charge in [-0.1, -0.05) is 20.8 Å². The van der Waals surface area contributed by atoms with Gasteiger partial charge in [0, 0.05) is 12.3 Å². The van der Waals surface area contributed by atoms with E-state index in [1.807, 2.05) is 0 Å². The third kappa shape index (κ3) is 4.29. The molecule has 0 aromatic heterocycles. The lowest BCUT2D eigenvalue weighted by Gasteiger charge is -2.18. The molecule has 4 heteroatoms. The zero-order valence-corrected chi connectivity index (χ0v) is 8.11. The summed E-state index contributed by atoms with van der Waals surface area (Å²) in [4.78, 5) is 11.1. The van der Waals surface area contributed by atoms with Gasteiger partial charge in [0.1, 0.15) is 5.78 Å². The highest BCUT2D eigenvalue weighted by molar-refractivity contribution is 5.80. The molecule has 13 heavy (non-hydrogen) atoms. The zero-order chi connectivity index (χ0) is 10.6. The molecule has 0 rings (SSSR count). The molecule has 0 radical (unpaired) electrons. The predicted molar refractivity (Wildman–Crippen MR) is 44.3 cm³/mol. The fourth-order valence-electron chi connectivity index (χ4n) is 0.970. The van der Waals surface area contributed by atoms with E-state index in [9.17, 15) is 18.0 Å². The van der Waals surface area contributed by atoms with Crippen molar-refractivity contribution in [3.8, 4) is 0 Å². The summed E-state index contributed by atoms with van der Waals surface area (Å²) in [7, 11) is 0. The number of ketones is 1. The molecule has 0 N–H and O–H groups in total. The van der Waals surface area contributed by atoms with Gasteiger partial charge in [-0.15, -0.1) is 0 Å². The fraction of sp³-hybridized carbons (Fsp3) is 0.889. The number of hydrogen-bond acceptors (Lipinski definition) is 1. The van der Waals surface area contributed by atoms with Crippen LogP contribution in [0.5, 0.6) is 0 Å². The number of rotatable bonds is 4. The number of Topliss-reactive ketones (excluding diaryl/α,β-unsaturated/α-hetero) is 1. The first-order valence-corrected chi connectivity index (χ1v) is 4.38. The van der Waals surface area contributed by atoms with E-state index in [4.69, 9.17) is 0 Å². The van der Waals surface area contributed by atoms with Gasteiger partial charge in [-0.25, -0.2) is 0 Å². The van der Waals surface area contributed by atoms with Crippen molar-refractivity contribution in [1.29, 1.82) is 0 Å². The second-order valence-corrected chi connectivity index (χ2v) is 3.47. The van der Waals surface area contributed by atoms with Crippen molar-refractivity contribution >= 4 is 5.78 Å². The number of halogens is 3. The minimum atomic E-state index is -4.24. The van der Waals surface area contributed by atoms with Crippen LogP contribution in [0.2, 0.25) is 0 Å². The second-order valence-electron chi connectivity index (χ2n) is 3.47. The van der Waals surface area contributed by atoms with Gasteiger partial charge < -0.3 is 0 Å². The minimum Gasteiger partial charge on any atom is -0.299 e. The number of carbonyl (C=O) groups excluding carboxylic acids is 1. The fourth-order valence-corrected chi connectivity index (χ4v) is 0.970. The first-order chi connectivity index (χ1) is 5.79. The zero-order valence-electron chi connectivity index (χ0n) is 8.11. The van der Waals surface area contributed by atoms with Gasteiger partial charge >= 0.3 is 6.18 Å². The van der Waals surface area contributed by atoms with Gasteiger partial charge in [0.25, 0.3) is 0 Å². The van der Waals surface area contributed by atoms with Crippen molar-refractivity contribution in [3.63, 3.8) is 0 Å². The highest BCUT2D eigenvalue weighted by Gasteiger charge is 2.39. The lowest BCUT2D eigenvalue weighted by atomic mass is 9.94. The van der Waals surface area contributed by atoms with Gasteiger partial charge in [-0.3, -0.25) is 4.79 Å². The molecule has 0 saturated heterocycles. The summed E-state index contributed by atoms with van der Waals surface area (Å²) >= 11 is 0. The van der Waals surface area contributed by atoms with Crippen molar-refractivity contribution in [1.82, 2.24) is 0 Å². The average molecular weight is 196 g/mol. The molecule has 1 nitrogen and oxygen atoms in total. The normalized spacial score (nSPS) is 14.7. The Hall–Kier alpha value is -0.540. The molecule has 0 fully saturated rings. The molecule has 0 heterocycles. The molecule has 0 aliphatic carbocycles. The Kier molecular flexibility index (Phi) is 4.44. The Morgan fingerprint density at radius 1 is 1.31 bits per heavy atom. The van der Waals surface area contributed by atoms with Crippen LogP contribution in [0.3, 0.4) is 0 Å². The van der Waals surface area contributed by atoms with Crippen LogP contribution >= 0.6 is 0 Å². The summed E-state index contributed by atoms with van der Waals surface area (Å²) in [6.45, 7) is 4.68. The molecule has 0 aliphatic rings. The summed E-state index contributed by atoms with van der Waals surface area (Å²) in [5, 5.41) is 0. The Morgan fingerprint density at radius 3 is 2.00 bits per heavy atom. The van der Waals surface area contributed by atoms with E-state index in [1.54, 1.807) is 13.8 Å². The summed E-state index contributed by atoms with van der Waals surface area (Å²) in [5.41, 5.74) is 0. The number of alkyl halides is 3. The van der Waals surface area contributed by atoms with Gasteiger partial charge in [0.05, 0.1) is 5.92 Å². The molecule has 78 valence electrons. The van der Waals surface area contributed by atoms with Crippen molar-refractivity contribution in [2.24, 2.45) is 11.8 Å². The van der Waals surface area contributed by atoms with Crippen molar-refractivity contribution in [2.75, 3.05) is 0 Å². The van der Waals surface area contributed by atoms with Gasteiger partial charge in [0.15, 0.2) is 0 Å². The molecule has 0 saturated carbocycles. The summed E-state index contributed by atoms with van der Waals surface area (Å²) in [6.07, 6.45) is -4.64. The smallest absolute Gasteiger partial charge is 0.299 e. The highest BCUT2D eigenvalue weighted by Crippen LogP contribution is 2.31. The van der Waals surface area contributed by atoms with Crippen LogP contribution in [0.15, 0.2) is 0 Å². The maximum atomic E-state index is 12.2. The van der Waals surface area contributed by atoms with Gasteiger partial charge in [-0.2, -0.15) is 13.2 Å². The Labute approximate surface area is 76.3 Å². The van der Waals surface area contributed by atoms with Gasteiger partial charge in [0.2, 0.25) is 0 Å². The molecular formula is C9H15F3O. The third-order valence-electron chi connectivity index (χ3n) is 2.05. The molecule has 0 aromatic rings. The minimum absolute atomic E-state index is 0.0258. The van der Waals surface area contributed by atoms with E-state index >= 15 is 0 Å². The first kappa shape index (κ1) is 12.5. The van der Waals surface area contributed by atoms with Crippen LogP contribution in [-0.4, -0.2) is 12.0 Å². The highest BCUT2D eigenvalue weighted by atomic mass is 19.4. The van der Waals surface area contributed by atoms with E-state index in [0.29, 0.717) is 0 Å². The van der Waals surface area contributed by atoms with Crippen LogP contribution in [0, 0.1) is 11.8 Å². The first-order valence-electron chi connectivity index (χ1n) is 4.38. The SMILES string of the molecule is CC[C@@H](CC(=O)C(C)C)C(F)(F)F.